The lowest BCUT2D eigenvalue weighted by Crippen LogP contribution is -2.55. The fourth-order valence-corrected chi connectivity index (χ4v) is 4.79. The van der Waals surface area contributed by atoms with Crippen LogP contribution in [-0.4, -0.2) is 41.3 Å². The number of pyridine rings is 1. The van der Waals surface area contributed by atoms with Gasteiger partial charge in [-0.25, -0.2) is 0 Å². The Bertz CT molecular complexity index is 894. The first-order valence-electron chi connectivity index (χ1n) is 11.2. The third kappa shape index (κ3) is 4.25. The minimum atomic E-state index is -0.565. The van der Waals surface area contributed by atoms with Crippen LogP contribution in [-0.2, 0) is 16.0 Å². The molecule has 2 fully saturated rings. The molecule has 0 radical (unpaired) electrons. The van der Waals surface area contributed by atoms with E-state index >= 15 is 0 Å². The quantitative estimate of drug-likeness (QED) is 0.794. The zero-order valence-corrected chi connectivity index (χ0v) is 17.8. The predicted octanol–water partition coefficient (Wildman–Crippen LogP) is 3.84. The van der Waals surface area contributed by atoms with E-state index in [1.807, 2.05) is 24.0 Å². The molecule has 1 aromatic heterocycles. The summed E-state index contributed by atoms with van der Waals surface area (Å²) in [7, 11) is 0. The maximum absolute atomic E-state index is 13.2. The highest BCUT2D eigenvalue weighted by Gasteiger charge is 2.44. The smallest absolute Gasteiger partial charge is 0.228 e. The van der Waals surface area contributed by atoms with Crippen LogP contribution in [0, 0.1) is 11.3 Å². The third-order valence-electron chi connectivity index (χ3n) is 6.65. The third-order valence-corrected chi connectivity index (χ3v) is 6.65. The molecule has 2 amide bonds. The van der Waals surface area contributed by atoms with Gasteiger partial charge in [-0.2, -0.15) is 0 Å². The SMILES string of the molecule is CCNC(=O)[C@@]1(Cc2cccc(-c3ccncc3)c2)CCCN(C(=O)C2CCC2)C1. The van der Waals surface area contributed by atoms with Crippen molar-refractivity contribution in [2.45, 2.75) is 45.4 Å². The van der Waals surface area contributed by atoms with Gasteiger partial charge in [0.15, 0.2) is 0 Å². The molecule has 1 N–H and O–H groups in total. The number of hydrogen-bond acceptors (Lipinski definition) is 3. The van der Waals surface area contributed by atoms with Crippen LogP contribution < -0.4 is 5.32 Å². The molecule has 2 aromatic rings. The molecule has 1 saturated heterocycles. The highest BCUT2D eigenvalue weighted by molar-refractivity contribution is 5.85. The van der Waals surface area contributed by atoms with Crippen LogP contribution in [0.2, 0.25) is 0 Å². The van der Waals surface area contributed by atoms with Crippen LogP contribution in [0.25, 0.3) is 11.1 Å². The summed E-state index contributed by atoms with van der Waals surface area (Å²) in [6, 6.07) is 12.4. The Morgan fingerprint density at radius 2 is 1.93 bits per heavy atom. The van der Waals surface area contributed by atoms with Crippen molar-refractivity contribution in [3.63, 3.8) is 0 Å². The first kappa shape index (κ1) is 20.6. The number of rotatable bonds is 6. The summed E-state index contributed by atoms with van der Waals surface area (Å²) in [5, 5.41) is 3.05. The lowest BCUT2D eigenvalue weighted by Gasteiger charge is -2.43. The van der Waals surface area contributed by atoms with Crippen LogP contribution in [0.4, 0.5) is 0 Å². The van der Waals surface area contributed by atoms with Crippen LogP contribution in [0.15, 0.2) is 48.8 Å². The number of benzene rings is 1. The van der Waals surface area contributed by atoms with Crippen molar-refractivity contribution >= 4 is 11.8 Å². The van der Waals surface area contributed by atoms with E-state index in [9.17, 15) is 9.59 Å². The fraction of sp³-hybridized carbons (Fsp3) is 0.480. The van der Waals surface area contributed by atoms with Gasteiger partial charge in [0.05, 0.1) is 5.41 Å². The van der Waals surface area contributed by atoms with Crippen molar-refractivity contribution in [3.8, 4) is 11.1 Å². The van der Waals surface area contributed by atoms with Gasteiger partial charge in [-0.15, -0.1) is 0 Å². The lowest BCUT2D eigenvalue weighted by atomic mass is 9.73. The van der Waals surface area contributed by atoms with Crippen molar-refractivity contribution in [2.24, 2.45) is 11.3 Å². The molecule has 0 unspecified atom stereocenters. The highest BCUT2D eigenvalue weighted by atomic mass is 16.2. The summed E-state index contributed by atoms with van der Waals surface area (Å²) < 4.78 is 0. The maximum atomic E-state index is 13.2. The van der Waals surface area contributed by atoms with Gasteiger partial charge in [0.2, 0.25) is 11.8 Å². The molecule has 2 heterocycles. The van der Waals surface area contributed by atoms with Gasteiger partial charge in [-0.1, -0.05) is 30.7 Å². The number of hydrogen-bond donors (Lipinski definition) is 1. The minimum absolute atomic E-state index is 0.0745. The molecule has 0 bridgehead atoms. The predicted molar refractivity (Wildman–Crippen MR) is 118 cm³/mol. The molecule has 1 atom stereocenters. The largest absolute Gasteiger partial charge is 0.356 e. The van der Waals surface area contributed by atoms with Crippen molar-refractivity contribution in [1.29, 1.82) is 0 Å². The standard InChI is InChI=1S/C25H31N3O2/c1-2-27-24(30)25(12-5-15-28(18-25)23(29)21-7-4-8-21)17-19-6-3-9-22(16-19)20-10-13-26-14-11-20/h3,6,9-11,13-14,16,21H,2,4-5,7-8,12,15,17-18H2,1H3,(H,27,30)/t25-/m1/s1. The molecular weight excluding hydrogens is 374 g/mol. The molecular formula is C25H31N3O2. The van der Waals surface area contributed by atoms with E-state index in [2.05, 4.69) is 34.6 Å². The number of nitrogens with zero attached hydrogens (tertiary/aromatic N) is 2. The van der Waals surface area contributed by atoms with Crippen LogP contribution in [0.5, 0.6) is 0 Å². The highest BCUT2D eigenvalue weighted by Crippen LogP contribution is 2.37. The van der Waals surface area contributed by atoms with Gasteiger partial charge < -0.3 is 10.2 Å². The number of nitrogens with one attached hydrogen (secondary N) is 1. The van der Waals surface area contributed by atoms with Crippen molar-refractivity contribution in [2.75, 3.05) is 19.6 Å². The number of piperidine rings is 1. The molecule has 0 spiro atoms. The Hall–Kier alpha value is -2.69. The molecule has 5 nitrogen and oxygen atoms in total. The van der Waals surface area contributed by atoms with E-state index < -0.39 is 5.41 Å². The van der Waals surface area contributed by atoms with Crippen molar-refractivity contribution in [3.05, 3.63) is 54.4 Å². The maximum Gasteiger partial charge on any atom is 0.228 e. The zero-order valence-electron chi connectivity index (χ0n) is 17.8. The number of carbonyl (C=O) groups excluding carboxylic acids is 2. The molecule has 30 heavy (non-hydrogen) atoms. The van der Waals surface area contributed by atoms with E-state index in [1.54, 1.807) is 12.4 Å². The van der Waals surface area contributed by atoms with Crippen LogP contribution in [0.1, 0.15) is 44.6 Å². The van der Waals surface area contributed by atoms with Gasteiger partial charge in [0, 0.05) is 37.9 Å². The number of carbonyl (C=O) groups is 2. The number of amides is 2. The van der Waals surface area contributed by atoms with Gasteiger partial charge in [-0.3, -0.25) is 14.6 Å². The summed E-state index contributed by atoms with van der Waals surface area (Å²) in [6.07, 6.45) is 9.06. The molecule has 1 aromatic carbocycles. The van der Waals surface area contributed by atoms with E-state index in [0.29, 0.717) is 19.5 Å². The minimum Gasteiger partial charge on any atom is -0.356 e. The lowest BCUT2D eigenvalue weighted by molar-refractivity contribution is -0.146. The van der Waals surface area contributed by atoms with Gasteiger partial charge >= 0.3 is 0 Å². The summed E-state index contributed by atoms with van der Waals surface area (Å²) >= 11 is 0. The second-order valence-corrected chi connectivity index (χ2v) is 8.74. The first-order chi connectivity index (χ1) is 14.6. The second-order valence-electron chi connectivity index (χ2n) is 8.74. The monoisotopic (exact) mass is 405 g/mol. The average molecular weight is 406 g/mol. The summed E-state index contributed by atoms with van der Waals surface area (Å²) in [4.78, 5) is 32.2. The second kappa shape index (κ2) is 8.99. The normalized spacial score (nSPS) is 21.7. The van der Waals surface area contributed by atoms with Crippen LogP contribution in [0.3, 0.4) is 0 Å². The molecule has 2 aliphatic rings. The Labute approximate surface area is 178 Å². The number of likely N-dealkylation sites (tertiary alicyclic amines) is 1. The molecule has 5 heteroatoms. The summed E-state index contributed by atoms with van der Waals surface area (Å²) in [6.45, 7) is 3.85. The molecule has 1 aliphatic heterocycles. The van der Waals surface area contributed by atoms with E-state index in [1.165, 1.54) is 0 Å². The fourth-order valence-electron chi connectivity index (χ4n) is 4.79. The summed E-state index contributed by atoms with van der Waals surface area (Å²) in [5.41, 5.74) is 2.81. The van der Waals surface area contributed by atoms with E-state index in [-0.39, 0.29) is 17.7 Å². The molecule has 1 saturated carbocycles. The van der Waals surface area contributed by atoms with E-state index in [0.717, 1.165) is 55.3 Å². The molecule has 4 rings (SSSR count). The van der Waals surface area contributed by atoms with Gasteiger partial charge in [0.1, 0.15) is 0 Å². The first-order valence-corrected chi connectivity index (χ1v) is 11.2. The van der Waals surface area contributed by atoms with Crippen LogP contribution >= 0.6 is 0 Å². The Balaban J connectivity index is 1.59. The molecule has 158 valence electrons. The van der Waals surface area contributed by atoms with Crippen molar-refractivity contribution < 1.29 is 9.59 Å². The number of aromatic nitrogens is 1. The van der Waals surface area contributed by atoms with Crippen molar-refractivity contribution in [1.82, 2.24) is 15.2 Å². The van der Waals surface area contributed by atoms with Gasteiger partial charge in [-0.05, 0) is 67.9 Å². The topological polar surface area (TPSA) is 62.3 Å². The van der Waals surface area contributed by atoms with Gasteiger partial charge in [0.25, 0.3) is 0 Å². The Morgan fingerprint density at radius 1 is 1.13 bits per heavy atom. The summed E-state index contributed by atoms with van der Waals surface area (Å²) in [5.74, 6) is 0.496. The Kier molecular flexibility index (Phi) is 6.16. The Morgan fingerprint density at radius 3 is 2.63 bits per heavy atom. The molecule has 1 aliphatic carbocycles. The zero-order chi connectivity index (χ0) is 21.0. The van der Waals surface area contributed by atoms with E-state index in [4.69, 9.17) is 0 Å². The average Bonchev–Trinajstić information content (AvgIpc) is 2.74.